The van der Waals surface area contributed by atoms with E-state index in [0.29, 0.717) is 16.8 Å². The van der Waals surface area contributed by atoms with Gasteiger partial charge in [-0.25, -0.2) is 0 Å². The molecule has 1 unspecified atom stereocenters. The van der Waals surface area contributed by atoms with E-state index in [1.807, 2.05) is 0 Å². The number of hydrogen-bond donors (Lipinski definition) is 6. The molecule has 0 heterocycles. The molecule has 41 heavy (non-hydrogen) atoms. The summed E-state index contributed by atoms with van der Waals surface area (Å²) >= 11 is 0. The molecule has 3 aliphatic rings. The molecule has 0 aliphatic heterocycles. The zero-order valence-corrected chi connectivity index (χ0v) is 24.1. The third-order valence-corrected chi connectivity index (χ3v) is 8.44. The predicted octanol–water partition coefficient (Wildman–Crippen LogP) is 0.550. The second-order valence-corrected chi connectivity index (χ2v) is 12.0. The maximum atomic E-state index is 14.0. The lowest BCUT2D eigenvalue weighted by Gasteiger charge is -2.50. The third kappa shape index (κ3) is 4.64. The number of amides is 2. The van der Waals surface area contributed by atoms with Gasteiger partial charge in [-0.3, -0.25) is 19.2 Å². The van der Waals surface area contributed by atoms with E-state index >= 15 is 0 Å². The summed E-state index contributed by atoms with van der Waals surface area (Å²) in [6, 6.07) is 1.71. The number of nitrogens with two attached hydrogens (primary N) is 1. The van der Waals surface area contributed by atoms with Crippen molar-refractivity contribution < 1.29 is 39.6 Å². The van der Waals surface area contributed by atoms with Crippen LogP contribution in [-0.2, 0) is 32.1 Å². The van der Waals surface area contributed by atoms with E-state index in [9.17, 15) is 39.6 Å². The SMILES string of the molecule is CC(C)C1C(=O)C(C(N)=O)=C(O)[C@@]2(O)C(=O)C3=C(O)c4c(O)c(CNC(=O)CN(C)C)cc(N(C)C)c4C[C@H]3C[C@@H]12. The monoisotopic (exact) mass is 570 g/mol. The van der Waals surface area contributed by atoms with Gasteiger partial charge in [-0.1, -0.05) is 13.8 Å². The Labute approximate surface area is 238 Å². The molecule has 3 aliphatic carbocycles. The molecule has 12 nitrogen and oxygen atoms in total. The highest BCUT2D eigenvalue weighted by Gasteiger charge is 2.64. The minimum Gasteiger partial charge on any atom is -0.508 e. The molecule has 7 N–H and O–H groups in total. The first kappa shape index (κ1) is 30.1. The molecular formula is C29H38N4O8. The van der Waals surface area contributed by atoms with Gasteiger partial charge in [0, 0.05) is 49.3 Å². The van der Waals surface area contributed by atoms with Gasteiger partial charge in [0.1, 0.15) is 22.8 Å². The lowest BCUT2D eigenvalue weighted by atomic mass is 9.54. The Kier molecular flexibility index (Phi) is 7.70. The van der Waals surface area contributed by atoms with E-state index in [1.165, 1.54) is 0 Å². The van der Waals surface area contributed by atoms with Crippen LogP contribution in [0.3, 0.4) is 0 Å². The van der Waals surface area contributed by atoms with E-state index in [4.69, 9.17) is 5.73 Å². The molecule has 4 rings (SSSR count). The molecule has 12 heteroatoms. The Morgan fingerprint density at radius 2 is 1.78 bits per heavy atom. The number of primary amides is 1. The summed E-state index contributed by atoms with van der Waals surface area (Å²) in [5.74, 6) is -8.45. The smallest absolute Gasteiger partial charge is 0.255 e. The number of aliphatic hydroxyl groups excluding tert-OH is 2. The standard InChI is InChI=1S/C29H38N4O8/c1-12(2)19-16-8-13-7-15-17(33(5)6)9-14(10-31-18(34)11-32(3)4)23(35)21(15)25(37)20(13)26(38)29(16,41)27(39)22(24(19)36)28(30)40/h9,12-13,16,19,35,37,39,41H,7-8,10-11H2,1-6H3,(H2,30,40)(H,31,34)/t13-,16-,19?,29-/m0/s1. The van der Waals surface area contributed by atoms with Crippen LogP contribution < -0.4 is 16.0 Å². The molecule has 1 fully saturated rings. The van der Waals surface area contributed by atoms with Crippen molar-refractivity contribution in [1.29, 1.82) is 0 Å². The molecule has 1 aromatic carbocycles. The van der Waals surface area contributed by atoms with Crippen LogP contribution in [0.2, 0.25) is 0 Å². The number of nitrogens with one attached hydrogen (secondary N) is 1. The summed E-state index contributed by atoms with van der Waals surface area (Å²) in [6.45, 7) is 3.51. The van der Waals surface area contributed by atoms with Crippen LogP contribution in [0.25, 0.3) is 5.76 Å². The van der Waals surface area contributed by atoms with Crippen LogP contribution in [0.5, 0.6) is 5.75 Å². The highest BCUT2D eigenvalue weighted by atomic mass is 16.3. The largest absolute Gasteiger partial charge is 0.508 e. The maximum Gasteiger partial charge on any atom is 0.255 e. The first-order chi connectivity index (χ1) is 19.0. The third-order valence-electron chi connectivity index (χ3n) is 8.44. The number of nitrogens with zero attached hydrogens (tertiary/aromatic N) is 2. The van der Waals surface area contributed by atoms with Crippen molar-refractivity contribution in [3.05, 3.63) is 39.7 Å². The van der Waals surface area contributed by atoms with Crippen LogP contribution in [0.1, 0.15) is 37.0 Å². The van der Waals surface area contributed by atoms with Crippen molar-refractivity contribution >= 4 is 34.8 Å². The van der Waals surface area contributed by atoms with Crippen molar-refractivity contribution in [1.82, 2.24) is 10.2 Å². The number of Topliss-reactive ketones (excluding diaryl/α,β-unsaturated/α-hetero) is 2. The first-order valence-electron chi connectivity index (χ1n) is 13.5. The van der Waals surface area contributed by atoms with Gasteiger partial charge < -0.3 is 41.3 Å². The fraction of sp³-hybridized carbons (Fsp3) is 0.517. The number of aliphatic hydroxyl groups is 3. The molecule has 0 aromatic heterocycles. The van der Waals surface area contributed by atoms with Crippen molar-refractivity contribution in [2.75, 3.05) is 39.6 Å². The number of phenolic OH excluding ortho intramolecular Hbond substituents is 1. The number of ketones is 2. The quantitative estimate of drug-likeness (QED) is 0.252. The van der Waals surface area contributed by atoms with Gasteiger partial charge in [-0.2, -0.15) is 0 Å². The number of likely N-dealkylation sites (N-methyl/N-ethyl adjacent to an activating group) is 1. The summed E-state index contributed by atoms with van der Waals surface area (Å²) in [7, 11) is 7.05. The molecule has 2 amide bonds. The predicted molar refractivity (Wildman–Crippen MR) is 150 cm³/mol. The number of benzene rings is 1. The van der Waals surface area contributed by atoms with Crippen molar-refractivity contribution in [2.24, 2.45) is 29.4 Å². The molecular weight excluding hydrogens is 532 g/mol. The van der Waals surface area contributed by atoms with Gasteiger partial charge in [0.25, 0.3) is 5.91 Å². The molecule has 0 spiro atoms. The molecule has 0 radical (unpaired) electrons. The van der Waals surface area contributed by atoms with Crippen molar-refractivity contribution in [3.8, 4) is 5.75 Å². The molecule has 4 atom stereocenters. The van der Waals surface area contributed by atoms with E-state index in [-0.39, 0.29) is 48.7 Å². The fourth-order valence-electron chi connectivity index (χ4n) is 6.66. The van der Waals surface area contributed by atoms with Crippen LogP contribution in [0.4, 0.5) is 5.69 Å². The Morgan fingerprint density at radius 3 is 2.32 bits per heavy atom. The van der Waals surface area contributed by atoms with Crippen molar-refractivity contribution in [2.45, 2.75) is 38.8 Å². The average Bonchev–Trinajstić information content (AvgIpc) is 2.84. The van der Waals surface area contributed by atoms with Gasteiger partial charge >= 0.3 is 0 Å². The number of aromatic hydroxyl groups is 1. The number of hydrogen-bond acceptors (Lipinski definition) is 10. The Bertz CT molecular complexity index is 1410. The zero-order valence-electron chi connectivity index (χ0n) is 24.1. The Balaban J connectivity index is 1.90. The highest BCUT2D eigenvalue weighted by Crippen LogP contribution is 2.55. The summed E-state index contributed by atoms with van der Waals surface area (Å²) < 4.78 is 0. The molecule has 0 bridgehead atoms. The van der Waals surface area contributed by atoms with Crippen molar-refractivity contribution in [3.63, 3.8) is 0 Å². The van der Waals surface area contributed by atoms with E-state index in [1.54, 1.807) is 57.9 Å². The normalized spacial score (nSPS) is 25.7. The number of anilines is 1. The second kappa shape index (κ2) is 10.5. The summed E-state index contributed by atoms with van der Waals surface area (Å²) in [5, 5.41) is 48.3. The molecule has 1 saturated carbocycles. The Morgan fingerprint density at radius 1 is 1.15 bits per heavy atom. The van der Waals surface area contributed by atoms with Gasteiger partial charge in [0.15, 0.2) is 11.4 Å². The lowest BCUT2D eigenvalue weighted by Crippen LogP contribution is -2.62. The zero-order chi connectivity index (χ0) is 30.7. The summed E-state index contributed by atoms with van der Waals surface area (Å²) in [4.78, 5) is 55.2. The van der Waals surface area contributed by atoms with Crippen LogP contribution in [0.15, 0.2) is 23.0 Å². The topological polar surface area (TPSA) is 194 Å². The number of carbonyl (C=O) groups excluding carboxylic acids is 4. The number of carbonyl (C=O) groups is 4. The summed E-state index contributed by atoms with van der Waals surface area (Å²) in [5.41, 5.74) is 3.18. The van der Waals surface area contributed by atoms with Gasteiger partial charge in [-0.15, -0.1) is 0 Å². The van der Waals surface area contributed by atoms with Crippen LogP contribution >= 0.6 is 0 Å². The number of rotatable bonds is 7. The minimum atomic E-state index is -2.66. The van der Waals surface area contributed by atoms with Crippen LogP contribution in [-0.4, -0.2) is 89.0 Å². The molecule has 1 aromatic rings. The average molecular weight is 571 g/mol. The summed E-state index contributed by atoms with van der Waals surface area (Å²) in [6.07, 6.45) is 0.231. The number of phenols is 1. The van der Waals surface area contributed by atoms with E-state index in [0.717, 1.165) is 0 Å². The second-order valence-electron chi connectivity index (χ2n) is 12.0. The van der Waals surface area contributed by atoms with Crippen LogP contribution in [0, 0.1) is 23.7 Å². The van der Waals surface area contributed by atoms with Gasteiger partial charge in [0.05, 0.1) is 12.1 Å². The first-order valence-corrected chi connectivity index (χ1v) is 13.5. The highest BCUT2D eigenvalue weighted by molar-refractivity contribution is 6.23. The maximum absolute atomic E-state index is 14.0. The fourth-order valence-corrected chi connectivity index (χ4v) is 6.66. The van der Waals surface area contributed by atoms with Gasteiger partial charge in [-0.05, 0) is 50.4 Å². The lowest BCUT2D eigenvalue weighted by molar-refractivity contribution is -0.155. The Hall–Kier alpha value is -3.90. The molecule has 222 valence electrons. The van der Waals surface area contributed by atoms with Gasteiger partial charge in [0.2, 0.25) is 11.7 Å². The van der Waals surface area contributed by atoms with E-state index < -0.39 is 63.8 Å². The van der Waals surface area contributed by atoms with E-state index in [2.05, 4.69) is 5.32 Å². The minimum absolute atomic E-state index is 0.0133. The number of fused-ring (bicyclic) bond motifs is 3. The molecule has 0 saturated heterocycles.